The molecular formula is C13H15N3O5. The Kier molecular flexibility index (Phi) is 4.36. The van der Waals surface area contributed by atoms with E-state index in [0.29, 0.717) is 13.1 Å². The molecule has 1 fully saturated rings. The van der Waals surface area contributed by atoms with Gasteiger partial charge in [0.15, 0.2) is 0 Å². The van der Waals surface area contributed by atoms with Gasteiger partial charge in [0.2, 0.25) is 5.91 Å². The number of rotatable bonds is 5. The SMILES string of the molecule is O=C(O)c1cccc(NCC(=O)N2CCCC2)c1[N+](=O)[O-]. The van der Waals surface area contributed by atoms with Crippen LogP contribution >= 0.6 is 0 Å². The van der Waals surface area contributed by atoms with Crippen molar-refractivity contribution in [2.75, 3.05) is 25.0 Å². The standard InChI is InChI=1S/C13H15N3O5/c17-11(15-6-1-2-7-15)8-14-10-5-3-4-9(13(18)19)12(10)16(20)21/h3-5,14H,1-2,6-8H2,(H,18,19). The van der Waals surface area contributed by atoms with Crippen LogP contribution in [0.4, 0.5) is 11.4 Å². The number of aromatic carboxylic acids is 1. The van der Waals surface area contributed by atoms with E-state index in [1.165, 1.54) is 12.1 Å². The second kappa shape index (κ2) is 6.21. The summed E-state index contributed by atoms with van der Waals surface area (Å²) in [7, 11) is 0. The summed E-state index contributed by atoms with van der Waals surface area (Å²) in [5, 5.41) is 22.7. The molecule has 0 unspecified atom stereocenters. The normalized spacial score (nSPS) is 14.0. The second-order valence-corrected chi connectivity index (χ2v) is 4.71. The van der Waals surface area contributed by atoms with E-state index >= 15 is 0 Å². The minimum atomic E-state index is -1.38. The molecule has 0 radical (unpaired) electrons. The van der Waals surface area contributed by atoms with Crippen molar-refractivity contribution in [2.24, 2.45) is 0 Å². The molecule has 2 rings (SSSR count). The highest BCUT2D eigenvalue weighted by Gasteiger charge is 2.25. The Hall–Kier alpha value is -2.64. The van der Waals surface area contributed by atoms with Crippen LogP contribution in [0.5, 0.6) is 0 Å². The zero-order chi connectivity index (χ0) is 15.4. The summed E-state index contributed by atoms with van der Waals surface area (Å²) in [4.78, 5) is 34.9. The maximum Gasteiger partial charge on any atom is 0.342 e. The van der Waals surface area contributed by atoms with Gasteiger partial charge in [0.25, 0.3) is 0 Å². The van der Waals surface area contributed by atoms with E-state index in [1.54, 1.807) is 4.90 Å². The molecular weight excluding hydrogens is 278 g/mol. The minimum Gasteiger partial charge on any atom is -0.477 e. The fourth-order valence-corrected chi connectivity index (χ4v) is 2.30. The van der Waals surface area contributed by atoms with E-state index in [4.69, 9.17) is 5.11 Å². The van der Waals surface area contributed by atoms with Gasteiger partial charge < -0.3 is 15.3 Å². The van der Waals surface area contributed by atoms with Crippen molar-refractivity contribution in [2.45, 2.75) is 12.8 Å². The lowest BCUT2D eigenvalue weighted by Gasteiger charge is -2.16. The number of para-hydroxylation sites is 1. The Morgan fingerprint density at radius 3 is 2.57 bits per heavy atom. The first-order valence-corrected chi connectivity index (χ1v) is 6.53. The molecule has 0 saturated carbocycles. The molecule has 2 N–H and O–H groups in total. The van der Waals surface area contributed by atoms with Crippen molar-refractivity contribution < 1.29 is 19.6 Å². The molecule has 1 amide bonds. The molecule has 0 atom stereocenters. The number of hydrogen-bond donors (Lipinski definition) is 2. The maximum atomic E-state index is 11.9. The molecule has 21 heavy (non-hydrogen) atoms. The van der Waals surface area contributed by atoms with Crippen molar-refractivity contribution >= 4 is 23.3 Å². The van der Waals surface area contributed by atoms with E-state index in [9.17, 15) is 19.7 Å². The summed E-state index contributed by atoms with van der Waals surface area (Å²) in [5.74, 6) is -1.53. The number of nitrogens with zero attached hydrogens (tertiary/aromatic N) is 2. The van der Waals surface area contributed by atoms with Gasteiger partial charge in [0.05, 0.1) is 11.5 Å². The number of amides is 1. The third-order valence-corrected chi connectivity index (χ3v) is 3.34. The van der Waals surface area contributed by atoms with Gasteiger partial charge in [0.1, 0.15) is 11.3 Å². The molecule has 1 aromatic rings. The molecule has 0 aliphatic carbocycles. The highest BCUT2D eigenvalue weighted by Crippen LogP contribution is 2.28. The smallest absolute Gasteiger partial charge is 0.342 e. The molecule has 0 aromatic heterocycles. The van der Waals surface area contributed by atoms with Crippen LogP contribution in [0.2, 0.25) is 0 Å². The third-order valence-electron chi connectivity index (χ3n) is 3.34. The molecule has 8 heteroatoms. The van der Waals surface area contributed by atoms with E-state index in [-0.39, 0.29) is 18.1 Å². The van der Waals surface area contributed by atoms with E-state index in [0.717, 1.165) is 18.9 Å². The van der Waals surface area contributed by atoms with E-state index in [1.807, 2.05) is 0 Å². The van der Waals surface area contributed by atoms with E-state index in [2.05, 4.69) is 5.32 Å². The zero-order valence-electron chi connectivity index (χ0n) is 11.2. The molecule has 1 aromatic carbocycles. The van der Waals surface area contributed by atoms with Crippen molar-refractivity contribution in [1.82, 2.24) is 4.90 Å². The van der Waals surface area contributed by atoms with E-state index < -0.39 is 22.1 Å². The maximum absolute atomic E-state index is 11.9. The summed E-state index contributed by atoms with van der Waals surface area (Å²) < 4.78 is 0. The fraction of sp³-hybridized carbons (Fsp3) is 0.385. The number of carbonyl (C=O) groups is 2. The number of carbonyl (C=O) groups excluding carboxylic acids is 1. The van der Waals surface area contributed by atoms with Gasteiger partial charge in [-0.1, -0.05) is 6.07 Å². The number of benzene rings is 1. The number of nitro groups is 1. The first kappa shape index (κ1) is 14.8. The lowest BCUT2D eigenvalue weighted by atomic mass is 10.1. The largest absolute Gasteiger partial charge is 0.477 e. The number of nitro benzene ring substituents is 1. The van der Waals surface area contributed by atoms with Crippen LogP contribution in [0.3, 0.4) is 0 Å². The first-order valence-electron chi connectivity index (χ1n) is 6.53. The van der Waals surface area contributed by atoms with Crippen LogP contribution in [-0.2, 0) is 4.79 Å². The van der Waals surface area contributed by atoms with Gasteiger partial charge in [0, 0.05) is 13.1 Å². The molecule has 1 aliphatic heterocycles. The average Bonchev–Trinajstić information content (AvgIpc) is 2.98. The van der Waals surface area contributed by atoms with Crippen molar-refractivity contribution in [3.8, 4) is 0 Å². The molecule has 112 valence electrons. The van der Waals surface area contributed by atoms with Gasteiger partial charge in [-0.2, -0.15) is 0 Å². The van der Waals surface area contributed by atoms with Gasteiger partial charge in [-0.15, -0.1) is 0 Å². The monoisotopic (exact) mass is 293 g/mol. The lowest BCUT2D eigenvalue weighted by Crippen LogP contribution is -2.33. The number of carboxylic acid groups (broad SMARTS) is 1. The van der Waals surface area contributed by atoms with Gasteiger partial charge in [-0.3, -0.25) is 14.9 Å². The van der Waals surface area contributed by atoms with Crippen LogP contribution in [0, 0.1) is 10.1 Å². The van der Waals surface area contributed by atoms with Crippen LogP contribution in [0.1, 0.15) is 23.2 Å². The third kappa shape index (κ3) is 3.28. The Balaban J connectivity index is 2.15. The molecule has 0 spiro atoms. The van der Waals surface area contributed by atoms with Gasteiger partial charge in [-0.05, 0) is 25.0 Å². The number of hydrogen-bond acceptors (Lipinski definition) is 5. The first-order chi connectivity index (χ1) is 10.0. The summed E-state index contributed by atoms with van der Waals surface area (Å²) >= 11 is 0. The lowest BCUT2D eigenvalue weighted by molar-refractivity contribution is -0.384. The Morgan fingerprint density at radius 2 is 2.00 bits per heavy atom. The molecule has 1 heterocycles. The highest BCUT2D eigenvalue weighted by atomic mass is 16.6. The summed E-state index contributed by atoms with van der Waals surface area (Å²) in [6, 6.07) is 3.95. The van der Waals surface area contributed by atoms with Crippen LogP contribution in [-0.4, -0.2) is 46.4 Å². The molecule has 0 bridgehead atoms. The second-order valence-electron chi connectivity index (χ2n) is 4.71. The topological polar surface area (TPSA) is 113 Å². The zero-order valence-corrected chi connectivity index (χ0v) is 11.2. The average molecular weight is 293 g/mol. The van der Waals surface area contributed by atoms with Gasteiger partial charge in [-0.25, -0.2) is 4.79 Å². The van der Waals surface area contributed by atoms with Crippen molar-refractivity contribution in [1.29, 1.82) is 0 Å². The summed E-state index contributed by atoms with van der Waals surface area (Å²) in [5.41, 5.74) is -0.898. The number of anilines is 1. The number of carboxylic acids is 1. The van der Waals surface area contributed by atoms with Crippen molar-refractivity contribution in [3.05, 3.63) is 33.9 Å². The molecule has 1 saturated heterocycles. The Bertz CT molecular complexity index is 581. The predicted molar refractivity (Wildman–Crippen MR) is 74.4 cm³/mol. The highest BCUT2D eigenvalue weighted by molar-refractivity contribution is 5.96. The fourth-order valence-electron chi connectivity index (χ4n) is 2.30. The van der Waals surface area contributed by atoms with Crippen molar-refractivity contribution in [3.63, 3.8) is 0 Å². The molecule has 1 aliphatic rings. The quantitative estimate of drug-likeness (QED) is 0.625. The number of nitrogens with one attached hydrogen (secondary N) is 1. The molecule has 8 nitrogen and oxygen atoms in total. The number of likely N-dealkylation sites (tertiary alicyclic amines) is 1. The van der Waals surface area contributed by atoms with Crippen LogP contribution < -0.4 is 5.32 Å². The minimum absolute atomic E-state index is 0.0347. The Morgan fingerprint density at radius 1 is 1.33 bits per heavy atom. The van der Waals surface area contributed by atoms with Crippen LogP contribution in [0.15, 0.2) is 18.2 Å². The summed E-state index contributed by atoms with van der Waals surface area (Å²) in [6.07, 6.45) is 1.92. The summed E-state index contributed by atoms with van der Waals surface area (Å²) in [6.45, 7) is 1.29. The van der Waals surface area contributed by atoms with Gasteiger partial charge >= 0.3 is 11.7 Å². The Labute approximate surface area is 120 Å². The van der Waals surface area contributed by atoms with Crippen LogP contribution in [0.25, 0.3) is 0 Å². The predicted octanol–water partition coefficient (Wildman–Crippen LogP) is 1.33.